The fourth-order valence-corrected chi connectivity index (χ4v) is 3.44. The van der Waals surface area contributed by atoms with E-state index in [4.69, 9.17) is 5.73 Å². The highest BCUT2D eigenvalue weighted by molar-refractivity contribution is 7.89. The number of carbonyl (C=O) groups excluding carboxylic acids is 1. The Bertz CT molecular complexity index is 577. The summed E-state index contributed by atoms with van der Waals surface area (Å²) in [4.78, 5) is 17.0. The third kappa shape index (κ3) is 2.97. The molecule has 1 aliphatic rings. The Morgan fingerprint density at radius 3 is 2.40 bits per heavy atom. The summed E-state index contributed by atoms with van der Waals surface area (Å²) in [6, 6.07) is 3.13. The summed E-state index contributed by atoms with van der Waals surface area (Å²) in [5, 5.41) is 0. The molecular formula is C12H18N4O3S. The van der Waals surface area contributed by atoms with Crippen LogP contribution in [0.1, 0.15) is 12.6 Å². The van der Waals surface area contributed by atoms with E-state index in [0.717, 1.165) is 0 Å². The summed E-state index contributed by atoms with van der Waals surface area (Å²) in [5.41, 5.74) is 6.08. The molecule has 1 aromatic rings. The molecule has 0 aromatic carbocycles. The van der Waals surface area contributed by atoms with E-state index in [1.54, 1.807) is 11.0 Å². The van der Waals surface area contributed by atoms with Crippen molar-refractivity contribution in [1.29, 1.82) is 0 Å². The monoisotopic (exact) mass is 298 g/mol. The number of hydrogen-bond donors (Lipinski definition) is 1. The summed E-state index contributed by atoms with van der Waals surface area (Å²) in [6.07, 6.45) is 1.33. The zero-order chi connectivity index (χ0) is 14.8. The summed E-state index contributed by atoms with van der Waals surface area (Å²) in [7, 11) is -3.54. The maximum atomic E-state index is 12.4. The van der Waals surface area contributed by atoms with Crippen LogP contribution < -0.4 is 5.73 Å². The maximum absolute atomic E-state index is 12.4. The number of piperazine rings is 1. The number of nitrogens with two attached hydrogens (primary N) is 1. The minimum Gasteiger partial charge on any atom is -0.340 e. The molecule has 0 spiro atoms. The molecule has 0 saturated carbocycles. The van der Waals surface area contributed by atoms with Crippen molar-refractivity contribution >= 4 is 15.9 Å². The van der Waals surface area contributed by atoms with Crippen molar-refractivity contribution in [1.82, 2.24) is 14.2 Å². The zero-order valence-corrected chi connectivity index (χ0v) is 12.1. The minimum atomic E-state index is -3.54. The minimum absolute atomic E-state index is 0.0315. The smallest absolute Gasteiger partial charge is 0.244 e. The average molecular weight is 298 g/mol. The van der Waals surface area contributed by atoms with Crippen LogP contribution in [0.25, 0.3) is 0 Å². The molecular weight excluding hydrogens is 280 g/mol. The molecule has 0 unspecified atom stereocenters. The van der Waals surface area contributed by atoms with Crippen LogP contribution in [-0.2, 0) is 21.4 Å². The topological polar surface area (TPSA) is 96.6 Å². The Hall–Kier alpha value is -1.51. The lowest BCUT2D eigenvalue weighted by Gasteiger charge is -2.33. The van der Waals surface area contributed by atoms with Crippen LogP contribution in [0.4, 0.5) is 0 Å². The Morgan fingerprint density at radius 1 is 1.30 bits per heavy atom. The molecule has 2 heterocycles. The van der Waals surface area contributed by atoms with Gasteiger partial charge in [0.25, 0.3) is 0 Å². The molecule has 0 radical (unpaired) electrons. The van der Waals surface area contributed by atoms with Gasteiger partial charge in [0.1, 0.15) is 4.90 Å². The van der Waals surface area contributed by atoms with Gasteiger partial charge >= 0.3 is 0 Å². The molecule has 1 amide bonds. The van der Waals surface area contributed by atoms with Gasteiger partial charge in [0.05, 0.1) is 5.69 Å². The highest BCUT2D eigenvalue weighted by Crippen LogP contribution is 2.17. The van der Waals surface area contributed by atoms with Gasteiger partial charge in [-0.05, 0) is 12.1 Å². The molecule has 7 nitrogen and oxygen atoms in total. The quantitative estimate of drug-likeness (QED) is 0.803. The van der Waals surface area contributed by atoms with Crippen molar-refractivity contribution in [2.75, 3.05) is 26.2 Å². The van der Waals surface area contributed by atoms with Crippen molar-refractivity contribution in [3.8, 4) is 0 Å². The fourth-order valence-electron chi connectivity index (χ4n) is 2.08. The average Bonchev–Trinajstić information content (AvgIpc) is 2.47. The van der Waals surface area contributed by atoms with Crippen LogP contribution in [-0.4, -0.2) is 54.7 Å². The van der Waals surface area contributed by atoms with Crippen LogP contribution in [0.15, 0.2) is 23.2 Å². The maximum Gasteiger partial charge on any atom is 0.244 e. The third-order valence-corrected chi connectivity index (χ3v) is 5.21. The molecule has 1 saturated heterocycles. The number of carbonyl (C=O) groups is 1. The van der Waals surface area contributed by atoms with Gasteiger partial charge in [-0.25, -0.2) is 8.42 Å². The van der Waals surface area contributed by atoms with E-state index in [1.807, 2.05) is 0 Å². The van der Waals surface area contributed by atoms with Crippen LogP contribution >= 0.6 is 0 Å². The SMILES string of the molecule is CC(=O)N1CCN(S(=O)(=O)c2ccc(CN)nc2)CC1. The molecule has 1 aromatic heterocycles. The lowest BCUT2D eigenvalue weighted by Crippen LogP contribution is -2.49. The van der Waals surface area contributed by atoms with Crippen LogP contribution in [0.2, 0.25) is 0 Å². The molecule has 2 rings (SSSR count). The Balaban J connectivity index is 2.13. The molecule has 110 valence electrons. The molecule has 0 atom stereocenters. The second-order valence-electron chi connectivity index (χ2n) is 4.60. The van der Waals surface area contributed by atoms with E-state index >= 15 is 0 Å². The highest BCUT2D eigenvalue weighted by Gasteiger charge is 2.29. The lowest BCUT2D eigenvalue weighted by atomic mass is 10.3. The number of sulfonamides is 1. The summed E-state index contributed by atoms with van der Waals surface area (Å²) in [6.45, 7) is 3.21. The van der Waals surface area contributed by atoms with Crippen molar-refractivity contribution in [3.63, 3.8) is 0 Å². The first-order valence-corrected chi connectivity index (χ1v) is 7.80. The van der Waals surface area contributed by atoms with Crippen LogP contribution in [0.3, 0.4) is 0 Å². The predicted octanol–water partition coefficient (Wildman–Crippen LogP) is -0.607. The summed E-state index contributed by atoms with van der Waals surface area (Å²) >= 11 is 0. The van der Waals surface area contributed by atoms with Crippen molar-refractivity contribution < 1.29 is 13.2 Å². The summed E-state index contributed by atoms with van der Waals surface area (Å²) < 4.78 is 26.2. The van der Waals surface area contributed by atoms with E-state index in [9.17, 15) is 13.2 Å². The van der Waals surface area contributed by atoms with Crippen LogP contribution in [0.5, 0.6) is 0 Å². The molecule has 8 heteroatoms. The predicted molar refractivity (Wildman–Crippen MR) is 73.1 cm³/mol. The second-order valence-corrected chi connectivity index (χ2v) is 6.54. The summed E-state index contributed by atoms with van der Waals surface area (Å²) in [5.74, 6) is -0.0315. The Kier molecular flexibility index (Phi) is 4.36. The first-order valence-electron chi connectivity index (χ1n) is 6.36. The van der Waals surface area contributed by atoms with Crippen molar-refractivity contribution in [2.45, 2.75) is 18.4 Å². The van der Waals surface area contributed by atoms with Gasteiger partial charge in [-0.3, -0.25) is 9.78 Å². The molecule has 0 aliphatic carbocycles. The van der Waals surface area contributed by atoms with E-state index in [1.165, 1.54) is 23.5 Å². The van der Waals surface area contributed by atoms with E-state index in [-0.39, 0.29) is 17.3 Å². The molecule has 0 bridgehead atoms. The number of nitrogens with zero attached hydrogens (tertiary/aromatic N) is 3. The van der Waals surface area contributed by atoms with Gasteiger partial charge in [0.15, 0.2) is 0 Å². The van der Waals surface area contributed by atoms with E-state index in [2.05, 4.69) is 4.98 Å². The van der Waals surface area contributed by atoms with Gasteiger partial charge in [0.2, 0.25) is 15.9 Å². The lowest BCUT2D eigenvalue weighted by molar-refractivity contribution is -0.129. The first kappa shape index (κ1) is 14.9. The molecule has 2 N–H and O–H groups in total. The fraction of sp³-hybridized carbons (Fsp3) is 0.500. The number of hydrogen-bond acceptors (Lipinski definition) is 5. The van der Waals surface area contributed by atoms with Gasteiger partial charge in [-0.2, -0.15) is 4.31 Å². The number of aromatic nitrogens is 1. The van der Waals surface area contributed by atoms with Crippen molar-refractivity contribution in [2.24, 2.45) is 5.73 Å². The van der Waals surface area contributed by atoms with E-state index < -0.39 is 10.0 Å². The molecule has 1 aliphatic heterocycles. The van der Waals surface area contributed by atoms with Gasteiger partial charge in [-0.15, -0.1) is 0 Å². The largest absolute Gasteiger partial charge is 0.340 e. The Labute approximate surface area is 118 Å². The first-order chi connectivity index (χ1) is 9.45. The van der Waals surface area contributed by atoms with Crippen molar-refractivity contribution in [3.05, 3.63) is 24.0 Å². The zero-order valence-electron chi connectivity index (χ0n) is 11.3. The number of amides is 1. The normalized spacial score (nSPS) is 17.2. The molecule has 1 fully saturated rings. The van der Waals surface area contributed by atoms with Gasteiger partial charge in [0, 0.05) is 45.8 Å². The van der Waals surface area contributed by atoms with Gasteiger partial charge in [-0.1, -0.05) is 0 Å². The third-order valence-electron chi connectivity index (χ3n) is 3.33. The number of pyridine rings is 1. The van der Waals surface area contributed by atoms with E-state index in [0.29, 0.717) is 31.9 Å². The number of rotatable bonds is 3. The highest BCUT2D eigenvalue weighted by atomic mass is 32.2. The standard InChI is InChI=1S/C12H18N4O3S/c1-10(17)15-4-6-16(7-5-15)20(18,19)12-3-2-11(8-13)14-9-12/h2-3,9H,4-8,13H2,1H3. The Morgan fingerprint density at radius 2 is 1.95 bits per heavy atom. The van der Waals surface area contributed by atoms with Crippen LogP contribution in [0, 0.1) is 0 Å². The second kappa shape index (κ2) is 5.86. The van der Waals surface area contributed by atoms with Gasteiger partial charge < -0.3 is 10.6 Å². The molecule has 20 heavy (non-hydrogen) atoms.